The number of rotatable bonds is 6. The summed E-state index contributed by atoms with van der Waals surface area (Å²) in [5, 5.41) is 7.97. The molecule has 0 spiro atoms. The molecule has 6 nitrogen and oxygen atoms in total. The molecule has 1 aromatic heterocycles. The molecule has 0 aliphatic carbocycles. The Morgan fingerprint density at radius 3 is 2.56 bits per heavy atom. The van der Waals surface area contributed by atoms with Gasteiger partial charge in [0.1, 0.15) is 0 Å². The minimum absolute atomic E-state index is 0. The van der Waals surface area contributed by atoms with Crippen molar-refractivity contribution in [2.24, 2.45) is 0 Å². The van der Waals surface area contributed by atoms with Crippen molar-refractivity contribution in [3.05, 3.63) is 48.3 Å². The number of carbonyl (C=O) groups excluding carboxylic acids is 1. The zero-order valence-electron chi connectivity index (χ0n) is 15.9. The maximum absolute atomic E-state index is 13.1. The van der Waals surface area contributed by atoms with E-state index in [9.17, 15) is 4.79 Å². The zero-order valence-corrected chi connectivity index (χ0v) is 17.5. The maximum atomic E-state index is 13.1. The number of likely N-dealkylation sites (N-methyl/N-ethyl adjacent to an activating group) is 1. The summed E-state index contributed by atoms with van der Waals surface area (Å²) in [7, 11) is 4.02. The van der Waals surface area contributed by atoms with Crippen molar-refractivity contribution in [3.63, 3.8) is 0 Å². The number of hydrogen-bond acceptors (Lipinski definition) is 4. The zero-order chi connectivity index (χ0) is 17.6. The van der Waals surface area contributed by atoms with Crippen LogP contribution in [0.1, 0.15) is 29.4 Å². The molecule has 2 aromatic rings. The number of para-hydroxylation sites is 1. The van der Waals surface area contributed by atoms with Crippen molar-refractivity contribution < 1.29 is 4.79 Å². The highest BCUT2D eigenvalue weighted by molar-refractivity contribution is 6.04. The van der Waals surface area contributed by atoms with Crippen molar-refractivity contribution >= 4 is 36.4 Å². The molecule has 2 heterocycles. The van der Waals surface area contributed by atoms with Crippen molar-refractivity contribution in [2.45, 2.75) is 18.9 Å². The standard InChI is InChI=1S/C19H27N5O.2ClH/c1-22(2)13-14-23(16-7-4-3-5-8-16)19(25)18-10-12-24(21-18)17-9-6-11-20-15-17;;/h3-5,7-8,10,12,17,20H,6,9,11,13-15H2,1-2H3;2*1H. The molecule has 1 aliphatic heterocycles. The van der Waals surface area contributed by atoms with E-state index in [2.05, 4.69) is 15.3 Å². The van der Waals surface area contributed by atoms with Crippen LogP contribution in [0.15, 0.2) is 42.6 Å². The fourth-order valence-electron chi connectivity index (χ4n) is 3.11. The molecule has 1 N–H and O–H groups in total. The first kappa shape index (κ1) is 23.4. The number of aromatic nitrogens is 2. The number of halogens is 2. The summed E-state index contributed by atoms with van der Waals surface area (Å²) in [5.41, 5.74) is 1.41. The number of hydrogen-bond donors (Lipinski definition) is 1. The molecule has 1 aliphatic rings. The monoisotopic (exact) mass is 413 g/mol. The van der Waals surface area contributed by atoms with Crippen molar-refractivity contribution in [1.29, 1.82) is 0 Å². The molecule has 27 heavy (non-hydrogen) atoms. The molecular weight excluding hydrogens is 385 g/mol. The number of piperidine rings is 1. The summed E-state index contributed by atoms with van der Waals surface area (Å²) >= 11 is 0. The van der Waals surface area contributed by atoms with E-state index in [0.717, 1.165) is 38.2 Å². The number of carbonyl (C=O) groups is 1. The van der Waals surface area contributed by atoms with Gasteiger partial charge in [-0.25, -0.2) is 0 Å². The van der Waals surface area contributed by atoms with E-state index in [1.165, 1.54) is 0 Å². The largest absolute Gasteiger partial charge is 0.315 e. The second-order valence-corrected chi connectivity index (χ2v) is 6.78. The maximum Gasteiger partial charge on any atom is 0.278 e. The molecule has 0 bridgehead atoms. The lowest BCUT2D eigenvalue weighted by Gasteiger charge is -2.24. The van der Waals surface area contributed by atoms with Crippen LogP contribution in [0, 0.1) is 0 Å². The van der Waals surface area contributed by atoms with E-state index >= 15 is 0 Å². The Hall–Kier alpha value is -1.60. The summed E-state index contributed by atoms with van der Waals surface area (Å²) in [6.45, 7) is 3.41. The van der Waals surface area contributed by atoms with Gasteiger partial charge in [0, 0.05) is 31.5 Å². The van der Waals surface area contributed by atoms with E-state index in [-0.39, 0.29) is 30.7 Å². The molecule has 1 fully saturated rings. The molecule has 8 heteroatoms. The topological polar surface area (TPSA) is 53.4 Å². The SMILES string of the molecule is CN(C)CCN(C(=O)c1ccn(C2CCCNC2)n1)c1ccccc1.Cl.Cl. The third kappa shape index (κ3) is 6.21. The second kappa shape index (κ2) is 11.3. The number of benzene rings is 1. The molecule has 1 amide bonds. The summed E-state index contributed by atoms with van der Waals surface area (Å²) in [5.74, 6) is -0.0458. The van der Waals surface area contributed by atoms with Gasteiger partial charge in [-0.3, -0.25) is 9.48 Å². The molecule has 150 valence electrons. The summed E-state index contributed by atoms with van der Waals surface area (Å²) in [6, 6.07) is 12.0. The van der Waals surface area contributed by atoms with Crippen molar-refractivity contribution in [2.75, 3.05) is 45.2 Å². The fourth-order valence-corrected chi connectivity index (χ4v) is 3.11. The number of nitrogens with zero attached hydrogens (tertiary/aromatic N) is 4. The van der Waals surface area contributed by atoms with Crippen LogP contribution >= 0.6 is 24.8 Å². The van der Waals surface area contributed by atoms with Crippen LogP contribution in [0.4, 0.5) is 5.69 Å². The van der Waals surface area contributed by atoms with E-state index in [0.29, 0.717) is 18.3 Å². The van der Waals surface area contributed by atoms with Gasteiger partial charge in [0.15, 0.2) is 5.69 Å². The van der Waals surface area contributed by atoms with Crippen LogP contribution in [0.2, 0.25) is 0 Å². The van der Waals surface area contributed by atoms with Crippen LogP contribution < -0.4 is 10.2 Å². The van der Waals surface area contributed by atoms with Gasteiger partial charge in [0.25, 0.3) is 5.91 Å². The molecule has 3 rings (SSSR count). The van der Waals surface area contributed by atoms with Gasteiger partial charge in [-0.15, -0.1) is 24.8 Å². The summed E-state index contributed by atoms with van der Waals surface area (Å²) in [6.07, 6.45) is 4.18. The van der Waals surface area contributed by atoms with Gasteiger partial charge >= 0.3 is 0 Å². The lowest BCUT2D eigenvalue weighted by Crippen LogP contribution is -2.37. The van der Waals surface area contributed by atoms with E-state index in [1.54, 1.807) is 0 Å². The highest BCUT2D eigenvalue weighted by Gasteiger charge is 2.22. The molecule has 1 atom stereocenters. The van der Waals surface area contributed by atoms with Crippen LogP contribution in [0.5, 0.6) is 0 Å². The quantitative estimate of drug-likeness (QED) is 0.790. The Bertz CT molecular complexity index is 686. The minimum Gasteiger partial charge on any atom is -0.315 e. The average molecular weight is 414 g/mol. The molecule has 0 saturated carbocycles. The molecule has 1 saturated heterocycles. The Morgan fingerprint density at radius 2 is 1.93 bits per heavy atom. The van der Waals surface area contributed by atoms with Crippen molar-refractivity contribution in [3.8, 4) is 0 Å². The van der Waals surface area contributed by atoms with Crippen LogP contribution in [0.3, 0.4) is 0 Å². The van der Waals surface area contributed by atoms with Crippen LogP contribution in [-0.2, 0) is 0 Å². The fraction of sp³-hybridized carbons (Fsp3) is 0.474. The Balaban J connectivity index is 0.00000182. The summed E-state index contributed by atoms with van der Waals surface area (Å²) < 4.78 is 1.94. The van der Waals surface area contributed by atoms with Gasteiger partial charge in [0.05, 0.1) is 6.04 Å². The molecular formula is C19H29Cl2N5O. The van der Waals surface area contributed by atoms with Gasteiger partial charge in [-0.1, -0.05) is 18.2 Å². The minimum atomic E-state index is -0.0458. The summed E-state index contributed by atoms with van der Waals surface area (Å²) in [4.78, 5) is 17.0. The van der Waals surface area contributed by atoms with E-state index in [1.807, 2.05) is 66.3 Å². The number of anilines is 1. The third-order valence-electron chi connectivity index (χ3n) is 4.56. The van der Waals surface area contributed by atoms with Gasteiger partial charge in [-0.05, 0) is 51.7 Å². The Labute approximate surface area is 173 Å². The number of amides is 1. The van der Waals surface area contributed by atoms with Crippen molar-refractivity contribution in [1.82, 2.24) is 20.0 Å². The lowest BCUT2D eigenvalue weighted by molar-refractivity contribution is 0.0979. The lowest BCUT2D eigenvalue weighted by atomic mass is 10.1. The van der Waals surface area contributed by atoms with Gasteiger partial charge < -0.3 is 15.1 Å². The Morgan fingerprint density at radius 1 is 1.19 bits per heavy atom. The molecule has 1 aromatic carbocycles. The van der Waals surface area contributed by atoms with Crippen LogP contribution in [0.25, 0.3) is 0 Å². The second-order valence-electron chi connectivity index (χ2n) is 6.78. The number of nitrogens with one attached hydrogen (secondary N) is 1. The first-order valence-corrected chi connectivity index (χ1v) is 8.92. The first-order chi connectivity index (χ1) is 12.1. The smallest absolute Gasteiger partial charge is 0.278 e. The van der Waals surface area contributed by atoms with E-state index in [4.69, 9.17) is 0 Å². The molecule has 1 unspecified atom stereocenters. The third-order valence-corrected chi connectivity index (χ3v) is 4.56. The highest BCUT2D eigenvalue weighted by atomic mass is 35.5. The first-order valence-electron chi connectivity index (χ1n) is 8.92. The Kier molecular flexibility index (Phi) is 9.80. The molecule has 0 radical (unpaired) electrons. The van der Waals surface area contributed by atoms with E-state index < -0.39 is 0 Å². The van der Waals surface area contributed by atoms with Gasteiger partial charge in [0.2, 0.25) is 0 Å². The van der Waals surface area contributed by atoms with Crippen LogP contribution in [-0.4, -0.2) is 60.9 Å². The average Bonchev–Trinajstić information content (AvgIpc) is 3.13. The highest BCUT2D eigenvalue weighted by Crippen LogP contribution is 2.19. The predicted octanol–water partition coefficient (Wildman–Crippen LogP) is 2.86. The predicted molar refractivity (Wildman–Crippen MR) is 115 cm³/mol. The normalized spacial score (nSPS) is 16.3. The van der Waals surface area contributed by atoms with Gasteiger partial charge in [-0.2, -0.15) is 5.10 Å².